The molecule has 0 radical (unpaired) electrons. The Kier molecular flexibility index (Phi) is 4.91. The van der Waals surface area contributed by atoms with Gasteiger partial charge in [-0.25, -0.2) is 0 Å². The molecule has 2 aromatic carbocycles. The zero-order chi connectivity index (χ0) is 16.9. The zero-order valence-corrected chi connectivity index (χ0v) is 14.0. The van der Waals surface area contributed by atoms with E-state index in [2.05, 4.69) is 32.5 Å². The van der Waals surface area contributed by atoms with Gasteiger partial charge in [-0.3, -0.25) is 9.89 Å². The fraction of sp³-hybridized carbons (Fsp3) is 0.263. The highest BCUT2D eigenvalue weighted by atomic mass is 16.1. The minimum atomic E-state index is -0.146. The maximum atomic E-state index is 12.5. The van der Waals surface area contributed by atoms with Crippen molar-refractivity contribution in [3.63, 3.8) is 0 Å². The lowest BCUT2D eigenvalue weighted by atomic mass is 10.1. The van der Waals surface area contributed by atoms with Gasteiger partial charge in [0.2, 0.25) is 0 Å². The van der Waals surface area contributed by atoms with Crippen LogP contribution in [0.1, 0.15) is 16.1 Å². The van der Waals surface area contributed by atoms with Crippen molar-refractivity contribution in [2.24, 2.45) is 0 Å². The van der Waals surface area contributed by atoms with Crippen LogP contribution in [0.4, 0.5) is 0 Å². The molecule has 5 nitrogen and oxygen atoms in total. The van der Waals surface area contributed by atoms with Gasteiger partial charge in [0.25, 0.3) is 5.91 Å². The van der Waals surface area contributed by atoms with Crippen LogP contribution in [0.3, 0.4) is 0 Å². The zero-order valence-electron chi connectivity index (χ0n) is 14.0. The number of aromatic amines is 1. The molecule has 1 atom stereocenters. The number of hydrogen-bond donors (Lipinski definition) is 2. The number of nitrogens with zero attached hydrogens (tertiary/aromatic N) is 2. The van der Waals surface area contributed by atoms with Crippen LogP contribution in [0, 0.1) is 0 Å². The number of benzene rings is 2. The van der Waals surface area contributed by atoms with E-state index in [0.717, 1.165) is 17.3 Å². The highest BCUT2D eigenvalue weighted by molar-refractivity contribution is 6.04. The number of aromatic nitrogens is 2. The molecule has 0 spiro atoms. The van der Waals surface area contributed by atoms with E-state index >= 15 is 0 Å². The summed E-state index contributed by atoms with van der Waals surface area (Å²) in [5, 5.41) is 10.9. The molecule has 2 N–H and O–H groups in total. The van der Waals surface area contributed by atoms with Crippen molar-refractivity contribution in [3.8, 4) is 0 Å². The van der Waals surface area contributed by atoms with Gasteiger partial charge in [0, 0.05) is 18.0 Å². The highest BCUT2D eigenvalue weighted by Gasteiger charge is 2.17. The molecule has 1 heterocycles. The third kappa shape index (κ3) is 3.63. The van der Waals surface area contributed by atoms with Crippen molar-refractivity contribution in [3.05, 3.63) is 65.9 Å². The number of carbonyl (C=O) groups excluding carboxylic acids is 1. The van der Waals surface area contributed by atoms with E-state index in [9.17, 15) is 4.79 Å². The van der Waals surface area contributed by atoms with Crippen molar-refractivity contribution in [1.29, 1.82) is 0 Å². The molecule has 1 amide bonds. The number of H-pyrrole nitrogens is 1. The number of carbonyl (C=O) groups is 1. The topological polar surface area (TPSA) is 61.0 Å². The van der Waals surface area contributed by atoms with E-state index in [1.807, 2.05) is 56.6 Å². The predicted octanol–water partition coefficient (Wildman–Crippen LogP) is 2.47. The van der Waals surface area contributed by atoms with Crippen molar-refractivity contribution in [2.45, 2.75) is 12.5 Å². The van der Waals surface area contributed by atoms with E-state index in [0.29, 0.717) is 12.2 Å². The lowest BCUT2D eigenvalue weighted by Gasteiger charge is -2.24. The number of fused-ring (bicyclic) bond motifs is 1. The van der Waals surface area contributed by atoms with Gasteiger partial charge < -0.3 is 10.2 Å². The lowest BCUT2D eigenvalue weighted by Crippen LogP contribution is -2.41. The summed E-state index contributed by atoms with van der Waals surface area (Å²) < 4.78 is 0. The van der Waals surface area contributed by atoms with E-state index in [-0.39, 0.29) is 11.9 Å². The molecule has 5 heteroatoms. The van der Waals surface area contributed by atoms with Crippen LogP contribution in [0.5, 0.6) is 0 Å². The fourth-order valence-corrected chi connectivity index (χ4v) is 2.75. The SMILES string of the molecule is CN(C)C(CNC(=O)c1n[nH]c2ccccc12)Cc1ccccc1. The molecule has 24 heavy (non-hydrogen) atoms. The third-order valence-corrected chi connectivity index (χ3v) is 4.23. The van der Waals surface area contributed by atoms with E-state index in [1.165, 1.54) is 5.56 Å². The third-order valence-electron chi connectivity index (χ3n) is 4.23. The Hall–Kier alpha value is -2.66. The summed E-state index contributed by atoms with van der Waals surface area (Å²) in [7, 11) is 4.06. The Morgan fingerprint density at radius 2 is 1.83 bits per heavy atom. The summed E-state index contributed by atoms with van der Waals surface area (Å²) in [6.07, 6.45) is 0.884. The molecule has 1 aromatic heterocycles. The molecule has 0 fully saturated rings. The summed E-state index contributed by atoms with van der Waals surface area (Å²) in [4.78, 5) is 14.6. The average Bonchev–Trinajstić information content (AvgIpc) is 3.03. The van der Waals surface area contributed by atoms with Crippen molar-refractivity contribution in [1.82, 2.24) is 20.4 Å². The van der Waals surface area contributed by atoms with E-state index < -0.39 is 0 Å². The molecule has 0 aliphatic carbocycles. The summed E-state index contributed by atoms with van der Waals surface area (Å²) in [6.45, 7) is 0.571. The summed E-state index contributed by atoms with van der Waals surface area (Å²) in [5.41, 5.74) is 2.58. The van der Waals surface area contributed by atoms with Crippen LogP contribution in [-0.4, -0.2) is 47.7 Å². The Balaban J connectivity index is 1.67. The summed E-state index contributed by atoms with van der Waals surface area (Å²) in [5.74, 6) is -0.146. The van der Waals surface area contributed by atoms with Gasteiger partial charge >= 0.3 is 0 Å². The number of amides is 1. The largest absolute Gasteiger partial charge is 0.349 e. The number of nitrogens with one attached hydrogen (secondary N) is 2. The van der Waals surface area contributed by atoms with Gasteiger partial charge in [0.05, 0.1) is 5.52 Å². The number of hydrogen-bond acceptors (Lipinski definition) is 3. The minimum Gasteiger partial charge on any atom is -0.349 e. The first kappa shape index (κ1) is 16.2. The molecule has 0 aliphatic rings. The Bertz CT molecular complexity index is 810. The molecule has 0 aliphatic heterocycles. The van der Waals surface area contributed by atoms with E-state index in [4.69, 9.17) is 0 Å². The Morgan fingerprint density at radius 3 is 2.58 bits per heavy atom. The smallest absolute Gasteiger partial charge is 0.272 e. The highest BCUT2D eigenvalue weighted by Crippen LogP contribution is 2.15. The van der Waals surface area contributed by atoms with Gasteiger partial charge in [-0.2, -0.15) is 5.10 Å². The molecule has 3 aromatic rings. The number of para-hydroxylation sites is 1. The first-order valence-electron chi connectivity index (χ1n) is 8.07. The molecule has 1 unspecified atom stereocenters. The van der Waals surface area contributed by atoms with Gasteiger partial charge in [0.15, 0.2) is 5.69 Å². The first-order valence-corrected chi connectivity index (χ1v) is 8.07. The summed E-state index contributed by atoms with van der Waals surface area (Å²) >= 11 is 0. The normalized spacial score (nSPS) is 12.5. The Labute approximate surface area is 141 Å². The van der Waals surface area contributed by atoms with Crippen LogP contribution in [0.2, 0.25) is 0 Å². The van der Waals surface area contributed by atoms with Crippen LogP contribution in [-0.2, 0) is 6.42 Å². The second-order valence-corrected chi connectivity index (χ2v) is 6.13. The summed E-state index contributed by atoms with van der Waals surface area (Å²) in [6, 6.07) is 18.2. The molecule has 124 valence electrons. The second-order valence-electron chi connectivity index (χ2n) is 6.13. The molecule has 0 bridgehead atoms. The minimum absolute atomic E-state index is 0.146. The number of likely N-dealkylation sites (N-methyl/N-ethyl adjacent to an activating group) is 1. The van der Waals surface area contributed by atoms with Crippen LogP contribution in [0.15, 0.2) is 54.6 Å². The molecule has 0 saturated carbocycles. The van der Waals surface area contributed by atoms with Gasteiger partial charge in [-0.15, -0.1) is 0 Å². The first-order chi connectivity index (χ1) is 11.6. The molecular formula is C19H22N4O. The predicted molar refractivity (Wildman–Crippen MR) is 96.0 cm³/mol. The van der Waals surface area contributed by atoms with Crippen molar-refractivity contribution >= 4 is 16.8 Å². The van der Waals surface area contributed by atoms with Crippen LogP contribution < -0.4 is 5.32 Å². The van der Waals surface area contributed by atoms with Gasteiger partial charge in [-0.05, 0) is 32.1 Å². The molecule has 3 rings (SSSR count). The van der Waals surface area contributed by atoms with Gasteiger partial charge in [0.1, 0.15) is 0 Å². The molecule has 0 saturated heterocycles. The monoisotopic (exact) mass is 322 g/mol. The maximum Gasteiger partial charge on any atom is 0.272 e. The lowest BCUT2D eigenvalue weighted by molar-refractivity contribution is 0.0938. The van der Waals surface area contributed by atoms with E-state index in [1.54, 1.807) is 0 Å². The van der Waals surface area contributed by atoms with Gasteiger partial charge in [-0.1, -0.05) is 48.5 Å². The van der Waals surface area contributed by atoms with Crippen molar-refractivity contribution in [2.75, 3.05) is 20.6 Å². The quantitative estimate of drug-likeness (QED) is 0.733. The number of rotatable bonds is 6. The van der Waals surface area contributed by atoms with Crippen LogP contribution in [0.25, 0.3) is 10.9 Å². The maximum absolute atomic E-state index is 12.5. The fourth-order valence-electron chi connectivity index (χ4n) is 2.75. The van der Waals surface area contributed by atoms with Crippen molar-refractivity contribution < 1.29 is 4.79 Å². The molecular weight excluding hydrogens is 300 g/mol. The standard InChI is InChI=1S/C19H22N4O/c1-23(2)15(12-14-8-4-3-5-9-14)13-20-19(24)18-16-10-6-7-11-17(16)21-22-18/h3-11,15H,12-13H2,1-2H3,(H,20,24)(H,21,22). The Morgan fingerprint density at radius 1 is 1.12 bits per heavy atom. The second kappa shape index (κ2) is 7.27. The van der Waals surface area contributed by atoms with Crippen LogP contribution >= 0.6 is 0 Å². The average molecular weight is 322 g/mol.